The quantitative estimate of drug-likeness (QED) is 0.0746. The molecular formula is C45H56N8O5Si. The molecule has 0 aliphatic heterocycles. The van der Waals surface area contributed by atoms with Crippen LogP contribution in [0.25, 0.3) is 44.2 Å². The Kier molecular flexibility index (Phi) is 12.8. The highest BCUT2D eigenvalue weighted by atomic mass is 28.3. The Hall–Kier alpha value is -5.80. The van der Waals surface area contributed by atoms with Gasteiger partial charge in [-0.1, -0.05) is 109 Å². The normalized spacial score (nSPS) is 13.9. The summed E-state index contributed by atoms with van der Waals surface area (Å²) < 4.78 is 18.2. The number of ether oxygens (including phenoxy) is 1. The maximum atomic E-state index is 11.8. The number of fused-ring (bicyclic) bond motifs is 2. The van der Waals surface area contributed by atoms with Crippen LogP contribution >= 0.6 is 0 Å². The molecule has 13 nitrogen and oxygen atoms in total. The average Bonchev–Trinajstić information content (AvgIpc) is 4.06. The molecule has 14 heteroatoms. The van der Waals surface area contributed by atoms with Crippen LogP contribution in [0.5, 0.6) is 0 Å². The third-order valence-corrected chi connectivity index (χ3v) is 12.3. The van der Waals surface area contributed by atoms with Gasteiger partial charge in [-0.3, -0.25) is 0 Å². The predicted octanol–water partition coefficient (Wildman–Crippen LogP) is 9.68. The van der Waals surface area contributed by atoms with E-state index in [4.69, 9.17) is 13.6 Å². The zero-order chi connectivity index (χ0) is 41.1. The summed E-state index contributed by atoms with van der Waals surface area (Å²) in [6, 6.07) is 25.1. The van der Waals surface area contributed by atoms with Crippen molar-refractivity contribution in [2.45, 2.75) is 78.7 Å². The third kappa shape index (κ3) is 9.10. The first-order valence-corrected chi connectivity index (χ1v) is 23.1. The van der Waals surface area contributed by atoms with E-state index in [0.717, 1.165) is 61.4 Å². The maximum absolute atomic E-state index is 11.8. The highest BCUT2D eigenvalue weighted by Crippen LogP contribution is 2.39. The Balaban J connectivity index is 0.000000228. The van der Waals surface area contributed by atoms with Crippen molar-refractivity contribution in [3.05, 3.63) is 133 Å². The molecule has 0 spiro atoms. The Labute approximate surface area is 347 Å². The lowest BCUT2D eigenvalue weighted by Crippen LogP contribution is -2.34. The van der Waals surface area contributed by atoms with Gasteiger partial charge < -0.3 is 23.8 Å². The summed E-state index contributed by atoms with van der Waals surface area (Å²) in [5.74, 6) is 1.28. The lowest BCUT2D eigenvalue weighted by atomic mass is 9.80. The van der Waals surface area contributed by atoms with Gasteiger partial charge in [0.2, 0.25) is 0 Å². The summed E-state index contributed by atoms with van der Waals surface area (Å²) in [7, 11) is -1.14. The molecule has 0 aliphatic rings. The average molecular weight is 819 g/mol. The Bertz CT molecular complexity index is 2570. The van der Waals surface area contributed by atoms with E-state index in [9.17, 15) is 10.2 Å². The highest BCUT2D eigenvalue weighted by molar-refractivity contribution is 6.76. The molecular weight excluding hydrogens is 761 g/mol. The second kappa shape index (κ2) is 17.6. The number of H-pyrrole nitrogens is 1. The standard InChI is InChI=1S/C25H32N4O3Si.C19H18N4O2.CH4.H2/c1-18(2)25(30,24-15-29(28-27-24)17-31-10-11-33(3,4)5)22-9-8-19-12-21(7-6-20(19)13-22)23-14-26-16-32-23;1-12(2)19(24,18-10-21-23-22-18)16-6-5-13-7-15(4-3-14(13)8-16)17-9-20-11-25-17;;/h6-9,12-16,18,30H,10-11,17H2,1-5H3;3-12,24H,1-2H3,(H,21,22,23);1H4;1H/i;;;1+2. The van der Waals surface area contributed by atoms with Gasteiger partial charge in [0.05, 0.1) is 24.8 Å². The van der Waals surface area contributed by atoms with Crippen molar-refractivity contribution in [3.63, 3.8) is 0 Å². The van der Waals surface area contributed by atoms with Gasteiger partial charge in [0.15, 0.2) is 24.3 Å². The first-order chi connectivity index (χ1) is 27.8. The van der Waals surface area contributed by atoms with Crippen molar-refractivity contribution in [2.75, 3.05) is 6.61 Å². The number of nitrogens with one attached hydrogen (secondary N) is 1. The predicted molar refractivity (Wildman–Crippen MR) is 234 cm³/mol. The van der Waals surface area contributed by atoms with Crippen LogP contribution in [0.15, 0.2) is 119 Å². The minimum atomic E-state index is -1.27. The molecule has 0 amide bonds. The van der Waals surface area contributed by atoms with Crippen LogP contribution in [0.2, 0.25) is 25.7 Å². The summed E-state index contributed by atoms with van der Waals surface area (Å²) in [5, 5.41) is 46.4. The molecule has 0 radical (unpaired) electrons. The van der Waals surface area contributed by atoms with Gasteiger partial charge in [0.1, 0.15) is 29.3 Å². The molecule has 0 bridgehead atoms. The molecule has 0 saturated carbocycles. The SMILES string of the molecule is C.CC(C)C(O)(c1ccc2cc(-c3cnco3)ccc2c1)c1cn(COCC[Si](C)(C)C)nn1.CC(C)C(O)(c1ccc2cc(-c3cnco3)ccc2c1)c1cn[nH]n1.[3HH]. The summed E-state index contributed by atoms with van der Waals surface area (Å²) in [5.41, 5.74) is 2.06. The largest absolute Gasteiger partial charge is 0.444 e. The van der Waals surface area contributed by atoms with Gasteiger partial charge in [-0.05, 0) is 74.8 Å². The minimum Gasteiger partial charge on any atom is -0.444 e. The van der Waals surface area contributed by atoms with Crippen LogP contribution in [-0.2, 0) is 22.7 Å². The first-order valence-electron chi connectivity index (χ1n) is 19.4. The topological polar surface area (TPSA) is 174 Å². The van der Waals surface area contributed by atoms with E-state index in [-0.39, 0.29) is 20.7 Å². The van der Waals surface area contributed by atoms with E-state index >= 15 is 0 Å². The fourth-order valence-electron chi connectivity index (χ4n) is 7.00. The van der Waals surface area contributed by atoms with E-state index in [0.29, 0.717) is 24.7 Å². The Morgan fingerprint density at radius 2 is 1.24 bits per heavy atom. The van der Waals surface area contributed by atoms with E-state index in [1.807, 2.05) is 94.4 Å². The van der Waals surface area contributed by atoms with E-state index in [1.54, 1.807) is 29.5 Å². The summed E-state index contributed by atoms with van der Waals surface area (Å²) in [6.07, 6.45) is 9.59. The van der Waals surface area contributed by atoms with Crippen LogP contribution in [0.3, 0.4) is 0 Å². The number of nitrogens with zero attached hydrogens (tertiary/aromatic N) is 7. The molecule has 2 unspecified atom stereocenters. The van der Waals surface area contributed by atoms with Crippen LogP contribution in [0, 0.1) is 11.8 Å². The fourth-order valence-corrected chi connectivity index (χ4v) is 7.76. The molecule has 310 valence electrons. The number of hydrogen-bond donors (Lipinski definition) is 3. The van der Waals surface area contributed by atoms with Crippen molar-refractivity contribution in [2.24, 2.45) is 11.8 Å². The maximum Gasteiger partial charge on any atom is 0.181 e. The number of rotatable bonds is 13. The van der Waals surface area contributed by atoms with Crippen molar-refractivity contribution in [3.8, 4) is 22.6 Å². The zero-order valence-electron chi connectivity index (χ0n) is 33.9. The number of aliphatic hydroxyl groups is 2. The van der Waals surface area contributed by atoms with E-state index in [1.165, 1.54) is 12.8 Å². The van der Waals surface area contributed by atoms with Gasteiger partial charge in [-0.25, -0.2) is 14.6 Å². The lowest BCUT2D eigenvalue weighted by Gasteiger charge is -2.31. The van der Waals surface area contributed by atoms with Crippen molar-refractivity contribution in [1.82, 2.24) is 40.4 Å². The fraction of sp³-hybridized carbons (Fsp3) is 0.333. The molecule has 0 fully saturated rings. The number of aromatic amines is 1. The van der Waals surface area contributed by atoms with Crippen molar-refractivity contribution >= 4 is 29.6 Å². The molecule has 8 aromatic rings. The highest BCUT2D eigenvalue weighted by Gasteiger charge is 2.39. The van der Waals surface area contributed by atoms with Crippen molar-refractivity contribution in [1.29, 1.82) is 0 Å². The summed E-state index contributed by atoms with van der Waals surface area (Å²) >= 11 is 0. The van der Waals surface area contributed by atoms with Crippen molar-refractivity contribution < 1.29 is 25.2 Å². The van der Waals surface area contributed by atoms with E-state index in [2.05, 4.69) is 61.4 Å². The zero-order valence-corrected chi connectivity index (χ0v) is 34.9. The number of oxazole rings is 2. The molecule has 4 heterocycles. The lowest BCUT2D eigenvalue weighted by molar-refractivity contribution is 0.0273. The molecule has 2 atom stereocenters. The number of hydrogen-bond acceptors (Lipinski definition) is 11. The summed E-state index contributed by atoms with van der Waals surface area (Å²) in [4.78, 5) is 7.95. The molecule has 59 heavy (non-hydrogen) atoms. The Morgan fingerprint density at radius 1 is 0.729 bits per heavy atom. The molecule has 0 aliphatic carbocycles. The minimum absolute atomic E-state index is 0. The summed E-state index contributed by atoms with van der Waals surface area (Å²) in [6.45, 7) is 15.9. The van der Waals surface area contributed by atoms with Crippen LogP contribution in [-0.4, -0.2) is 65.3 Å². The molecule has 8 rings (SSSR count). The van der Waals surface area contributed by atoms with Gasteiger partial charge in [0, 0.05) is 27.2 Å². The molecule has 0 saturated heterocycles. The van der Waals surface area contributed by atoms with Crippen LogP contribution < -0.4 is 0 Å². The van der Waals surface area contributed by atoms with Crippen LogP contribution in [0.4, 0.5) is 0 Å². The molecule has 3 N–H and O–H groups in total. The van der Waals surface area contributed by atoms with Gasteiger partial charge in [-0.2, -0.15) is 15.4 Å². The smallest absolute Gasteiger partial charge is 0.181 e. The second-order valence-corrected chi connectivity index (χ2v) is 22.1. The number of benzene rings is 4. The van der Waals surface area contributed by atoms with E-state index < -0.39 is 19.3 Å². The van der Waals surface area contributed by atoms with Gasteiger partial charge in [0.25, 0.3) is 0 Å². The van der Waals surface area contributed by atoms with Gasteiger partial charge >= 0.3 is 0 Å². The molecule has 4 aromatic carbocycles. The van der Waals surface area contributed by atoms with Crippen LogP contribution in [0.1, 0.15) is 59.1 Å². The molecule has 4 aromatic heterocycles. The van der Waals surface area contributed by atoms with Gasteiger partial charge in [-0.15, -0.1) is 5.10 Å². The monoisotopic (exact) mass is 818 g/mol. The third-order valence-electron chi connectivity index (χ3n) is 10.6. The second-order valence-electron chi connectivity index (χ2n) is 16.5. The Morgan fingerprint density at radius 3 is 1.69 bits per heavy atom. The number of aromatic nitrogens is 8. The first kappa shape index (κ1) is 42.8.